The highest BCUT2D eigenvalue weighted by molar-refractivity contribution is 5.90. The van der Waals surface area contributed by atoms with Crippen molar-refractivity contribution in [2.24, 2.45) is 5.92 Å². The van der Waals surface area contributed by atoms with Crippen molar-refractivity contribution in [3.8, 4) is 0 Å². The first-order valence-electron chi connectivity index (χ1n) is 10.0. The van der Waals surface area contributed by atoms with Crippen molar-refractivity contribution >= 4 is 11.9 Å². The van der Waals surface area contributed by atoms with Gasteiger partial charge in [-0.25, -0.2) is 14.6 Å². The molecule has 1 aliphatic heterocycles. The number of ether oxygens (including phenoxy) is 2. The normalized spacial score (nSPS) is 30.4. The Morgan fingerprint density at radius 1 is 1.16 bits per heavy atom. The summed E-state index contributed by atoms with van der Waals surface area (Å²) in [4.78, 5) is 27.8. The number of aryl methyl sites for hydroxylation is 1. The number of aliphatic hydroxyl groups excluding tert-OH is 3. The van der Waals surface area contributed by atoms with Crippen molar-refractivity contribution in [1.29, 1.82) is 0 Å². The average molecular weight is 432 g/mol. The highest BCUT2D eigenvalue weighted by Crippen LogP contribution is 2.29. The van der Waals surface area contributed by atoms with Gasteiger partial charge in [-0.3, -0.25) is 0 Å². The molecular formula is C21H24N2O8. The summed E-state index contributed by atoms with van der Waals surface area (Å²) in [5.74, 6) is -1.90. The first-order chi connectivity index (χ1) is 14.8. The van der Waals surface area contributed by atoms with Gasteiger partial charge in [0.05, 0.1) is 11.9 Å². The molecule has 1 fully saturated rings. The lowest BCUT2D eigenvalue weighted by Crippen LogP contribution is -2.60. The van der Waals surface area contributed by atoms with Gasteiger partial charge in [0, 0.05) is 18.9 Å². The average Bonchev–Trinajstić information content (AvgIpc) is 3.26. The third-order valence-corrected chi connectivity index (χ3v) is 5.84. The lowest BCUT2D eigenvalue weighted by atomic mass is 9.83. The molecule has 10 heteroatoms. The van der Waals surface area contributed by atoms with E-state index < -0.39 is 42.6 Å². The molecule has 31 heavy (non-hydrogen) atoms. The van der Waals surface area contributed by atoms with Crippen LogP contribution in [0.15, 0.2) is 36.9 Å². The van der Waals surface area contributed by atoms with Crippen LogP contribution in [0.25, 0.3) is 0 Å². The molecule has 1 saturated heterocycles. The summed E-state index contributed by atoms with van der Waals surface area (Å²) in [6.45, 7) is 0.874. The minimum absolute atomic E-state index is 0.232. The molecule has 0 bridgehead atoms. The van der Waals surface area contributed by atoms with Crippen molar-refractivity contribution in [3.63, 3.8) is 0 Å². The maximum absolute atomic E-state index is 12.6. The Bertz CT molecular complexity index is 947. The molecule has 1 aromatic carbocycles. The summed E-state index contributed by atoms with van der Waals surface area (Å²) in [7, 11) is 0. The summed E-state index contributed by atoms with van der Waals surface area (Å²) in [5, 5.41) is 38.7. The lowest BCUT2D eigenvalue weighted by Gasteiger charge is -2.37. The smallest absolute Gasteiger partial charge is 0.340 e. The summed E-state index contributed by atoms with van der Waals surface area (Å²) in [5.41, 5.74) is 2.40. The van der Waals surface area contributed by atoms with E-state index in [9.17, 15) is 24.9 Å². The van der Waals surface area contributed by atoms with Gasteiger partial charge in [0.15, 0.2) is 6.10 Å². The topological polar surface area (TPSA) is 151 Å². The maximum atomic E-state index is 12.6. The number of aliphatic hydroxyl groups is 3. The van der Waals surface area contributed by atoms with Gasteiger partial charge in [0.2, 0.25) is 6.29 Å². The number of fused-ring (bicyclic) bond motifs is 1. The molecule has 0 spiro atoms. The molecule has 2 aromatic rings. The molecule has 1 aliphatic carbocycles. The number of carbonyl (C=O) groups is 2. The van der Waals surface area contributed by atoms with E-state index in [1.165, 1.54) is 0 Å². The van der Waals surface area contributed by atoms with Gasteiger partial charge in [0.1, 0.15) is 18.3 Å². The largest absolute Gasteiger partial charge is 0.479 e. The molecule has 10 nitrogen and oxygen atoms in total. The SMILES string of the molecule is O=C(O[C@@H]1O[C@H](C(=O)O)[C@@H](O)[C@H](O)[C@H]1O)c1ccc2c(c1)CCC(Cn1ccnc1)C2. The highest BCUT2D eigenvalue weighted by Gasteiger charge is 2.48. The quantitative estimate of drug-likeness (QED) is 0.468. The number of imidazole rings is 1. The lowest BCUT2D eigenvalue weighted by molar-refractivity contribution is -0.278. The number of aliphatic carboxylic acids is 1. The number of aromatic nitrogens is 2. The minimum atomic E-state index is -1.85. The van der Waals surface area contributed by atoms with Crippen molar-refractivity contribution in [3.05, 3.63) is 53.6 Å². The molecule has 4 rings (SSSR count). The molecule has 0 radical (unpaired) electrons. The van der Waals surface area contributed by atoms with Gasteiger partial charge in [-0.05, 0) is 48.4 Å². The van der Waals surface area contributed by atoms with Gasteiger partial charge in [0.25, 0.3) is 0 Å². The van der Waals surface area contributed by atoms with Crippen molar-refractivity contribution in [2.75, 3.05) is 0 Å². The number of benzene rings is 1. The second-order valence-electron chi connectivity index (χ2n) is 7.99. The van der Waals surface area contributed by atoms with Gasteiger partial charge in [-0.2, -0.15) is 0 Å². The fraction of sp³-hybridized carbons (Fsp3) is 0.476. The Kier molecular flexibility index (Phi) is 6.05. The third kappa shape index (κ3) is 4.47. The van der Waals surface area contributed by atoms with E-state index in [2.05, 4.69) is 4.98 Å². The second kappa shape index (κ2) is 8.75. The fourth-order valence-corrected chi connectivity index (χ4v) is 4.13. The molecule has 2 aliphatic rings. The molecule has 1 unspecified atom stereocenters. The zero-order valence-corrected chi connectivity index (χ0v) is 16.6. The molecule has 0 saturated carbocycles. The van der Waals surface area contributed by atoms with E-state index in [1.807, 2.05) is 16.8 Å². The standard InChI is InChI=1S/C21H24N2O8/c24-15-16(25)18(19(27)28)30-21(17(15)26)31-20(29)14-4-3-12-7-11(1-2-13(12)8-14)9-23-6-5-22-10-23/h3-6,8,10-11,15-18,21,24-26H,1-2,7,9H2,(H,27,28)/t11?,15-,16-,17+,18-,21-/m0/s1. The molecule has 1 aromatic heterocycles. The third-order valence-electron chi connectivity index (χ3n) is 5.84. The van der Waals surface area contributed by atoms with Gasteiger partial charge in [-0.15, -0.1) is 0 Å². The fourth-order valence-electron chi connectivity index (χ4n) is 4.13. The first kappa shape index (κ1) is 21.4. The number of carboxylic acid groups (broad SMARTS) is 1. The van der Waals surface area contributed by atoms with Crippen molar-refractivity contribution in [1.82, 2.24) is 9.55 Å². The van der Waals surface area contributed by atoms with E-state index in [1.54, 1.807) is 24.7 Å². The van der Waals surface area contributed by atoms with E-state index >= 15 is 0 Å². The van der Waals surface area contributed by atoms with Crippen LogP contribution in [0.5, 0.6) is 0 Å². The summed E-state index contributed by atoms with van der Waals surface area (Å²) < 4.78 is 12.2. The summed E-state index contributed by atoms with van der Waals surface area (Å²) >= 11 is 0. The van der Waals surface area contributed by atoms with E-state index in [0.717, 1.165) is 36.9 Å². The Hall–Kier alpha value is -2.79. The van der Waals surface area contributed by atoms with Gasteiger partial charge in [-0.1, -0.05) is 6.07 Å². The van der Waals surface area contributed by atoms with Gasteiger partial charge < -0.3 is 34.5 Å². The summed E-state index contributed by atoms with van der Waals surface area (Å²) in [6, 6.07) is 5.19. The maximum Gasteiger partial charge on any atom is 0.340 e. The monoisotopic (exact) mass is 432 g/mol. The van der Waals surface area contributed by atoms with Crippen LogP contribution in [0, 0.1) is 5.92 Å². The molecule has 0 amide bonds. The van der Waals surface area contributed by atoms with Crippen LogP contribution in [0.3, 0.4) is 0 Å². The number of hydrogen-bond donors (Lipinski definition) is 4. The number of carbonyl (C=O) groups excluding carboxylic acids is 1. The minimum Gasteiger partial charge on any atom is -0.479 e. The molecule has 6 atom stereocenters. The van der Waals surface area contributed by atoms with Crippen LogP contribution in [-0.2, 0) is 33.7 Å². The Labute approximate surface area is 177 Å². The van der Waals surface area contributed by atoms with E-state index in [0.29, 0.717) is 5.92 Å². The Morgan fingerprint density at radius 3 is 2.68 bits per heavy atom. The van der Waals surface area contributed by atoms with E-state index in [-0.39, 0.29) is 5.56 Å². The number of hydrogen-bond acceptors (Lipinski definition) is 8. The van der Waals surface area contributed by atoms with Crippen LogP contribution in [0.1, 0.15) is 27.9 Å². The van der Waals surface area contributed by atoms with Crippen LogP contribution >= 0.6 is 0 Å². The predicted octanol–water partition coefficient (Wildman–Crippen LogP) is -0.263. The first-order valence-corrected chi connectivity index (χ1v) is 10.0. The van der Waals surface area contributed by atoms with Crippen LogP contribution in [-0.4, -0.2) is 72.6 Å². The zero-order valence-electron chi connectivity index (χ0n) is 16.6. The number of carboxylic acids is 1. The van der Waals surface area contributed by atoms with Crippen LogP contribution < -0.4 is 0 Å². The molecular weight excluding hydrogens is 408 g/mol. The van der Waals surface area contributed by atoms with Crippen molar-refractivity contribution < 1.29 is 39.5 Å². The van der Waals surface area contributed by atoms with Crippen LogP contribution in [0.2, 0.25) is 0 Å². The molecule has 4 N–H and O–H groups in total. The number of nitrogens with zero attached hydrogens (tertiary/aromatic N) is 2. The Balaban J connectivity index is 1.42. The molecule has 2 heterocycles. The van der Waals surface area contributed by atoms with Crippen molar-refractivity contribution in [2.45, 2.75) is 56.5 Å². The summed E-state index contributed by atoms with van der Waals surface area (Å²) in [6.07, 6.45) is -0.904. The predicted molar refractivity (Wildman–Crippen MR) is 104 cm³/mol. The van der Waals surface area contributed by atoms with Crippen LogP contribution in [0.4, 0.5) is 0 Å². The zero-order chi connectivity index (χ0) is 22.1. The number of rotatable bonds is 5. The number of esters is 1. The second-order valence-corrected chi connectivity index (χ2v) is 7.99. The Morgan fingerprint density at radius 2 is 1.97 bits per heavy atom. The highest BCUT2D eigenvalue weighted by atomic mass is 16.7. The van der Waals surface area contributed by atoms with E-state index in [4.69, 9.17) is 14.6 Å². The van der Waals surface area contributed by atoms with Gasteiger partial charge >= 0.3 is 11.9 Å². The molecule has 166 valence electrons.